The highest BCUT2D eigenvalue weighted by Gasteiger charge is 2.17. The minimum atomic E-state index is -3.63. The van der Waals surface area contributed by atoms with Crippen LogP contribution in [-0.4, -0.2) is 14.6 Å². The van der Waals surface area contributed by atoms with Crippen molar-refractivity contribution in [2.75, 3.05) is 0 Å². The van der Waals surface area contributed by atoms with Crippen LogP contribution < -0.4 is 4.83 Å². The van der Waals surface area contributed by atoms with Gasteiger partial charge in [0.1, 0.15) is 0 Å². The molecule has 2 aromatic rings. The highest BCUT2D eigenvalue weighted by Crippen LogP contribution is 2.26. The second kappa shape index (κ2) is 7.18. The Morgan fingerprint density at radius 2 is 1.62 bits per heavy atom. The minimum Gasteiger partial charge on any atom is -0.200 e. The third-order valence-corrected chi connectivity index (χ3v) is 5.53. The average molecular weight is 344 g/mol. The van der Waals surface area contributed by atoms with E-state index in [0.29, 0.717) is 0 Å². The molecule has 0 amide bonds. The fourth-order valence-electron chi connectivity index (χ4n) is 2.16. The molecule has 0 saturated carbocycles. The first kappa shape index (κ1) is 18.2. The maximum absolute atomic E-state index is 12.1. The van der Waals surface area contributed by atoms with Crippen LogP contribution in [0, 0.1) is 6.92 Å². The Kier molecular flexibility index (Phi) is 5.44. The lowest BCUT2D eigenvalue weighted by Crippen LogP contribution is -2.18. The molecule has 0 spiro atoms. The second-order valence-corrected chi connectivity index (χ2v) is 8.19. The molecule has 0 aliphatic heterocycles. The molecule has 0 radical (unpaired) electrons. The van der Waals surface area contributed by atoms with Gasteiger partial charge >= 0.3 is 0 Å². The van der Waals surface area contributed by atoms with Gasteiger partial charge in [-0.05, 0) is 42.0 Å². The Morgan fingerprint density at radius 1 is 1.04 bits per heavy atom. The Labute approximate surface area is 144 Å². The molecule has 0 aromatic heterocycles. The number of benzene rings is 2. The first-order valence-electron chi connectivity index (χ1n) is 7.97. The molecule has 24 heavy (non-hydrogen) atoms. The van der Waals surface area contributed by atoms with E-state index < -0.39 is 10.0 Å². The van der Waals surface area contributed by atoms with Gasteiger partial charge < -0.3 is 0 Å². The minimum absolute atomic E-state index is 0.128. The molecular weight excluding hydrogens is 320 g/mol. The smallest absolute Gasteiger partial charge is 0.200 e. The van der Waals surface area contributed by atoms with E-state index in [0.717, 1.165) is 17.5 Å². The van der Waals surface area contributed by atoms with Crippen LogP contribution in [0.2, 0.25) is 0 Å². The Balaban J connectivity index is 2.07. The summed E-state index contributed by atoms with van der Waals surface area (Å²) in [5, 5.41) is 3.86. The Bertz CT molecular complexity index is 805. The molecule has 2 aromatic carbocycles. The monoisotopic (exact) mass is 344 g/mol. The molecule has 1 N–H and O–H groups in total. The molecule has 0 saturated heterocycles. The zero-order valence-electron chi connectivity index (χ0n) is 14.6. The van der Waals surface area contributed by atoms with Crippen LogP contribution in [0.5, 0.6) is 0 Å². The van der Waals surface area contributed by atoms with E-state index in [1.54, 1.807) is 24.3 Å². The number of aryl methyl sites for hydroxylation is 1. The van der Waals surface area contributed by atoms with Crippen molar-refractivity contribution in [2.45, 2.75) is 44.4 Å². The van der Waals surface area contributed by atoms with Crippen molar-refractivity contribution in [3.63, 3.8) is 0 Å². The van der Waals surface area contributed by atoms with Crippen molar-refractivity contribution in [1.29, 1.82) is 0 Å². The standard InChI is InChI=1S/C19H24N2O2S/c1-5-19(3,4)17-10-8-16(9-11-17)14-20-21-24(22,23)18-12-6-15(2)7-13-18/h6-14,21H,5H2,1-4H3/b20-14+. The SMILES string of the molecule is CCC(C)(C)c1ccc(/C=N/NS(=O)(=O)c2ccc(C)cc2)cc1. The number of hydrogen-bond acceptors (Lipinski definition) is 3. The molecule has 5 heteroatoms. The summed E-state index contributed by atoms with van der Waals surface area (Å²) in [6.07, 6.45) is 2.56. The number of sulfonamides is 1. The van der Waals surface area contributed by atoms with Crippen molar-refractivity contribution in [3.8, 4) is 0 Å². The van der Waals surface area contributed by atoms with Gasteiger partial charge in [-0.25, -0.2) is 4.83 Å². The molecule has 0 fully saturated rings. The van der Waals surface area contributed by atoms with Gasteiger partial charge in [-0.2, -0.15) is 13.5 Å². The maximum Gasteiger partial charge on any atom is 0.276 e. The van der Waals surface area contributed by atoms with Gasteiger partial charge in [-0.1, -0.05) is 62.7 Å². The van der Waals surface area contributed by atoms with Crippen molar-refractivity contribution < 1.29 is 8.42 Å². The fraction of sp³-hybridized carbons (Fsp3) is 0.316. The average Bonchev–Trinajstić information content (AvgIpc) is 2.55. The van der Waals surface area contributed by atoms with Gasteiger partial charge in [0.05, 0.1) is 11.1 Å². The maximum atomic E-state index is 12.1. The molecule has 4 nitrogen and oxygen atoms in total. The number of hydrazone groups is 1. The van der Waals surface area contributed by atoms with E-state index in [1.165, 1.54) is 11.8 Å². The third-order valence-electron chi connectivity index (χ3n) is 4.29. The zero-order valence-corrected chi connectivity index (χ0v) is 15.4. The van der Waals surface area contributed by atoms with E-state index in [9.17, 15) is 8.42 Å². The highest BCUT2D eigenvalue weighted by molar-refractivity contribution is 7.89. The summed E-state index contributed by atoms with van der Waals surface area (Å²) in [5.74, 6) is 0. The summed E-state index contributed by atoms with van der Waals surface area (Å²) >= 11 is 0. The summed E-state index contributed by atoms with van der Waals surface area (Å²) < 4.78 is 24.3. The largest absolute Gasteiger partial charge is 0.276 e. The molecule has 0 aliphatic carbocycles. The predicted molar refractivity (Wildman–Crippen MR) is 98.9 cm³/mol. The van der Waals surface area contributed by atoms with Crippen LogP contribution in [0.25, 0.3) is 0 Å². The lowest BCUT2D eigenvalue weighted by molar-refractivity contribution is 0.506. The van der Waals surface area contributed by atoms with E-state index in [1.807, 2.05) is 19.1 Å². The lowest BCUT2D eigenvalue weighted by atomic mass is 9.82. The van der Waals surface area contributed by atoms with Crippen molar-refractivity contribution >= 4 is 16.2 Å². The topological polar surface area (TPSA) is 58.5 Å². The van der Waals surface area contributed by atoms with Crippen molar-refractivity contribution in [3.05, 3.63) is 65.2 Å². The van der Waals surface area contributed by atoms with Gasteiger partial charge in [-0.15, -0.1) is 0 Å². The predicted octanol–water partition coefficient (Wildman–Crippen LogP) is 4.00. The third kappa shape index (κ3) is 4.45. The van der Waals surface area contributed by atoms with Crippen molar-refractivity contribution in [1.82, 2.24) is 4.83 Å². The number of nitrogens with zero attached hydrogens (tertiary/aromatic N) is 1. The molecule has 128 valence electrons. The summed E-state index contributed by atoms with van der Waals surface area (Å²) in [6.45, 7) is 8.47. The summed E-state index contributed by atoms with van der Waals surface area (Å²) in [5.41, 5.74) is 3.23. The summed E-state index contributed by atoms with van der Waals surface area (Å²) in [6, 6.07) is 14.6. The van der Waals surface area contributed by atoms with Crippen LogP contribution in [0.15, 0.2) is 58.5 Å². The fourth-order valence-corrected chi connectivity index (χ4v) is 2.96. The van der Waals surface area contributed by atoms with Gasteiger partial charge in [0, 0.05) is 0 Å². The van der Waals surface area contributed by atoms with Crippen LogP contribution >= 0.6 is 0 Å². The number of nitrogens with one attached hydrogen (secondary N) is 1. The molecule has 2 rings (SSSR count). The van der Waals surface area contributed by atoms with Gasteiger partial charge in [0.2, 0.25) is 0 Å². The molecule has 0 aliphatic rings. The Hall–Kier alpha value is -2.14. The highest BCUT2D eigenvalue weighted by atomic mass is 32.2. The van der Waals surface area contributed by atoms with Gasteiger partial charge in [-0.3, -0.25) is 0 Å². The van der Waals surface area contributed by atoms with Crippen molar-refractivity contribution in [2.24, 2.45) is 5.10 Å². The van der Waals surface area contributed by atoms with Gasteiger partial charge in [0.25, 0.3) is 10.0 Å². The molecule has 0 atom stereocenters. The number of hydrogen-bond donors (Lipinski definition) is 1. The molecule has 0 heterocycles. The molecule has 0 bridgehead atoms. The van der Waals surface area contributed by atoms with E-state index in [2.05, 4.69) is 42.8 Å². The second-order valence-electron chi connectivity index (χ2n) is 6.53. The molecular formula is C19H24N2O2S. The quantitative estimate of drug-likeness (QED) is 0.636. The summed E-state index contributed by atoms with van der Waals surface area (Å²) in [7, 11) is -3.63. The first-order chi connectivity index (χ1) is 11.2. The lowest BCUT2D eigenvalue weighted by Gasteiger charge is -2.23. The van der Waals surface area contributed by atoms with E-state index >= 15 is 0 Å². The van der Waals surface area contributed by atoms with Crippen LogP contribution in [0.4, 0.5) is 0 Å². The zero-order chi connectivity index (χ0) is 17.8. The Morgan fingerprint density at radius 3 is 2.17 bits per heavy atom. The van der Waals surface area contributed by atoms with E-state index in [-0.39, 0.29) is 10.3 Å². The molecule has 0 unspecified atom stereocenters. The van der Waals surface area contributed by atoms with Gasteiger partial charge in [0.15, 0.2) is 0 Å². The van der Waals surface area contributed by atoms with Crippen LogP contribution in [0.3, 0.4) is 0 Å². The number of rotatable bonds is 6. The van der Waals surface area contributed by atoms with Crippen LogP contribution in [-0.2, 0) is 15.4 Å². The van der Waals surface area contributed by atoms with Crippen LogP contribution in [0.1, 0.15) is 43.9 Å². The first-order valence-corrected chi connectivity index (χ1v) is 9.45. The summed E-state index contributed by atoms with van der Waals surface area (Å²) in [4.78, 5) is 2.44. The van der Waals surface area contributed by atoms with E-state index in [4.69, 9.17) is 0 Å². The normalized spacial score (nSPS) is 12.5.